The van der Waals surface area contributed by atoms with Crippen molar-refractivity contribution < 1.29 is 0 Å². The molecule has 2 aliphatic rings. The van der Waals surface area contributed by atoms with Crippen LogP contribution in [0.5, 0.6) is 0 Å². The highest BCUT2D eigenvalue weighted by Crippen LogP contribution is 2.26. The van der Waals surface area contributed by atoms with E-state index in [2.05, 4.69) is 35.9 Å². The van der Waals surface area contributed by atoms with Crippen LogP contribution in [0.15, 0.2) is 0 Å². The summed E-state index contributed by atoms with van der Waals surface area (Å²) in [4.78, 5) is 5.33. The lowest BCUT2D eigenvalue weighted by Crippen LogP contribution is -2.36. The van der Waals surface area contributed by atoms with Crippen molar-refractivity contribution in [1.29, 1.82) is 0 Å². The van der Waals surface area contributed by atoms with E-state index in [4.69, 9.17) is 0 Å². The van der Waals surface area contributed by atoms with Crippen molar-refractivity contribution in [3.8, 4) is 0 Å². The molecule has 0 aromatic carbocycles. The van der Waals surface area contributed by atoms with Crippen molar-refractivity contribution >= 4 is 0 Å². The first-order valence-electron chi connectivity index (χ1n) is 7.88. The topological polar surface area (TPSA) is 18.5 Å². The standard InChI is InChI=1S/C15H31N3/c1-4-18(15-5-6-15)10-9-17-8-7-14(12-17)11-16-13(2)3/h13-16H,4-12H2,1-3H3. The van der Waals surface area contributed by atoms with E-state index < -0.39 is 0 Å². The molecule has 0 amide bonds. The Morgan fingerprint density at radius 1 is 1.28 bits per heavy atom. The number of hydrogen-bond donors (Lipinski definition) is 1. The Morgan fingerprint density at radius 3 is 2.67 bits per heavy atom. The summed E-state index contributed by atoms with van der Waals surface area (Å²) in [6.45, 7) is 14.4. The number of hydrogen-bond acceptors (Lipinski definition) is 3. The van der Waals surface area contributed by atoms with E-state index in [1.54, 1.807) is 0 Å². The molecule has 2 rings (SSSR count). The molecule has 0 bridgehead atoms. The molecule has 0 aromatic heterocycles. The SMILES string of the molecule is CCN(CCN1CCC(CNC(C)C)C1)C1CC1. The van der Waals surface area contributed by atoms with Crippen molar-refractivity contribution in [3.05, 3.63) is 0 Å². The zero-order valence-corrected chi connectivity index (χ0v) is 12.5. The van der Waals surface area contributed by atoms with E-state index in [0.717, 1.165) is 12.0 Å². The molecule has 18 heavy (non-hydrogen) atoms. The molecule has 3 nitrogen and oxygen atoms in total. The van der Waals surface area contributed by atoms with Gasteiger partial charge < -0.3 is 10.2 Å². The molecule has 1 saturated heterocycles. The number of nitrogens with zero attached hydrogens (tertiary/aromatic N) is 2. The van der Waals surface area contributed by atoms with Crippen molar-refractivity contribution in [2.24, 2.45) is 5.92 Å². The second-order valence-electron chi connectivity index (χ2n) is 6.38. The molecule has 3 heteroatoms. The van der Waals surface area contributed by atoms with Gasteiger partial charge in [-0.2, -0.15) is 0 Å². The normalized spacial score (nSPS) is 25.5. The average molecular weight is 253 g/mol. The highest BCUT2D eigenvalue weighted by Gasteiger charge is 2.28. The van der Waals surface area contributed by atoms with Gasteiger partial charge in [0.15, 0.2) is 0 Å². The highest BCUT2D eigenvalue weighted by molar-refractivity contribution is 4.85. The summed E-state index contributed by atoms with van der Waals surface area (Å²) in [5, 5.41) is 3.58. The molecule has 1 unspecified atom stereocenters. The first kappa shape index (κ1) is 14.3. The Labute approximate surface area is 113 Å². The Bertz CT molecular complexity index is 238. The summed E-state index contributed by atoms with van der Waals surface area (Å²) >= 11 is 0. The monoisotopic (exact) mass is 253 g/mol. The van der Waals surface area contributed by atoms with Gasteiger partial charge in [0.05, 0.1) is 0 Å². The molecule has 1 heterocycles. The number of nitrogens with one attached hydrogen (secondary N) is 1. The lowest BCUT2D eigenvalue weighted by atomic mass is 10.1. The van der Waals surface area contributed by atoms with E-state index in [-0.39, 0.29) is 0 Å². The minimum atomic E-state index is 0.629. The maximum atomic E-state index is 3.58. The van der Waals surface area contributed by atoms with Gasteiger partial charge in [-0.3, -0.25) is 4.90 Å². The maximum absolute atomic E-state index is 3.58. The van der Waals surface area contributed by atoms with Crippen molar-refractivity contribution in [1.82, 2.24) is 15.1 Å². The Morgan fingerprint density at radius 2 is 2.06 bits per heavy atom. The molecule has 0 radical (unpaired) electrons. The Kier molecular flexibility index (Phi) is 5.46. The zero-order chi connectivity index (χ0) is 13.0. The van der Waals surface area contributed by atoms with E-state index >= 15 is 0 Å². The van der Waals surface area contributed by atoms with Crippen molar-refractivity contribution in [3.63, 3.8) is 0 Å². The first-order chi connectivity index (χ1) is 8.69. The molecule has 106 valence electrons. The summed E-state index contributed by atoms with van der Waals surface area (Å²) in [7, 11) is 0. The second-order valence-corrected chi connectivity index (χ2v) is 6.38. The van der Waals surface area contributed by atoms with Crippen LogP contribution in [0.25, 0.3) is 0 Å². The molecule has 0 spiro atoms. The van der Waals surface area contributed by atoms with Crippen LogP contribution in [0.3, 0.4) is 0 Å². The average Bonchev–Trinajstić information content (AvgIpc) is 3.07. The smallest absolute Gasteiger partial charge is 0.0112 e. The van der Waals surface area contributed by atoms with Gasteiger partial charge in [-0.1, -0.05) is 20.8 Å². The molecule has 2 fully saturated rings. The molecular formula is C15H31N3. The number of rotatable bonds is 8. The van der Waals surface area contributed by atoms with Crippen molar-refractivity contribution in [2.75, 3.05) is 39.3 Å². The lowest BCUT2D eigenvalue weighted by molar-refractivity contribution is 0.221. The molecule has 1 aliphatic carbocycles. The third kappa shape index (κ3) is 4.52. The van der Waals surface area contributed by atoms with Gasteiger partial charge in [-0.15, -0.1) is 0 Å². The van der Waals surface area contributed by atoms with E-state index in [9.17, 15) is 0 Å². The lowest BCUT2D eigenvalue weighted by Gasteiger charge is -2.24. The Hall–Kier alpha value is -0.120. The van der Waals surface area contributed by atoms with Crippen LogP contribution in [-0.2, 0) is 0 Å². The minimum Gasteiger partial charge on any atom is -0.314 e. The molecule has 1 atom stereocenters. The fraction of sp³-hybridized carbons (Fsp3) is 1.00. The number of likely N-dealkylation sites (N-methyl/N-ethyl adjacent to an activating group) is 1. The van der Waals surface area contributed by atoms with E-state index in [0.29, 0.717) is 6.04 Å². The van der Waals surface area contributed by atoms with Crippen LogP contribution in [-0.4, -0.2) is 61.2 Å². The molecule has 0 aromatic rings. The minimum absolute atomic E-state index is 0.629. The van der Waals surface area contributed by atoms with Crippen LogP contribution in [0.1, 0.15) is 40.0 Å². The molecule has 1 saturated carbocycles. The van der Waals surface area contributed by atoms with Crippen LogP contribution < -0.4 is 5.32 Å². The van der Waals surface area contributed by atoms with Crippen LogP contribution >= 0.6 is 0 Å². The summed E-state index contributed by atoms with van der Waals surface area (Å²) in [6.07, 6.45) is 4.26. The third-order valence-corrected chi connectivity index (χ3v) is 4.36. The summed E-state index contributed by atoms with van der Waals surface area (Å²) in [5.41, 5.74) is 0. The molecule has 1 aliphatic heterocycles. The first-order valence-corrected chi connectivity index (χ1v) is 7.88. The largest absolute Gasteiger partial charge is 0.314 e. The summed E-state index contributed by atoms with van der Waals surface area (Å²) in [6, 6.07) is 1.56. The third-order valence-electron chi connectivity index (χ3n) is 4.36. The van der Waals surface area contributed by atoms with Gasteiger partial charge in [0.25, 0.3) is 0 Å². The number of likely N-dealkylation sites (tertiary alicyclic amines) is 1. The fourth-order valence-corrected chi connectivity index (χ4v) is 2.99. The van der Waals surface area contributed by atoms with Gasteiger partial charge in [0.2, 0.25) is 0 Å². The van der Waals surface area contributed by atoms with E-state index in [1.807, 2.05) is 0 Å². The van der Waals surface area contributed by atoms with Crippen LogP contribution in [0.4, 0.5) is 0 Å². The predicted octanol–water partition coefficient (Wildman–Crippen LogP) is 1.79. The molecular weight excluding hydrogens is 222 g/mol. The maximum Gasteiger partial charge on any atom is 0.0112 e. The highest BCUT2D eigenvalue weighted by atomic mass is 15.2. The van der Waals surface area contributed by atoms with Crippen molar-refractivity contribution in [2.45, 2.75) is 52.1 Å². The quantitative estimate of drug-likeness (QED) is 0.711. The molecule has 1 N–H and O–H groups in total. The van der Waals surface area contributed by atoms with Gasteiger partial charge in [0.1, 0.15) is 0 Å². The second kappa shape index (κ2) is 6.88. The predicted molar refractivity (Wildman–Crippen MR) is 78.0 cm³/mol. The van der Waals surface area contributed by atoms with Crippen LogP contribution in [0, 0.1) is 5.92 Å². The summed E-state index contributed by atoms with van der Waals surface area (Å²) < 4.78 is 0. The van der Waals surface area contributed by atoms with Gasteiger partial charge in [-0.25, -0.2) is 0 Å². The van der Waals surface area contributed by atoms with Crippen LogP contribution in [0.2, 0.25) is 0 Å². The van der Waals surface area contributed by atoms with E-state index in [1.165, 1.54) is 58.5 Å². The fourth-order valence-electron chi connectivity index (χ4n) is 2.99. The van der Waals surface area contributed by atoms with Gasteiger partial charge in [-0.05, 0) is 44.8 Å². The van der Waals surface area contributed by atoms with Gasteiger partial charge in [0, 0.05) is 31.7 Å². The summed E-state index contributed by atoms with van der Waals surface area (Å²) in [5.74, 6) is 0.878. The zero-order valence-electron chi connectivity index (χ0n) is 12.5. The Balaban J connectivity index is 1.60. The van der Waals surface area contributed by atoms with Gasteiger partial charge >= 0.3 is 0 Å².